The third kappa shape index (κ3) is 47.5. The summed E-state index contributed by atoms with van der Waals surface area (Å²) in [4.78, 5) is 48.3. The molecule has 3 unspecified atom stereocenters. The molecule has 0 aromatic heterocycles. The van der Waals surface area contributed by atoms with Gasteiger partial charge >= 0.3 is 25.7 Å². The van der Waals surface area contributed by atoms with Crippen LogP contribution >= 0.6 is 7.82 Å². The van der Waals surface area contributed by atoms with E-state index >= 15 is 0 Å². The van der Waals surface area contributed by atoms with E-state index in [2.05, 4.69) is 118 Å². The lowest BCUT2D eigenvalue weighted by atomic mass is 10.1. The fourth-order valence-electron chi connectivity index (χ4n) is 6.57. The molecule has 388 valence electrons. The fraction of sp³-hybridized carbons (Fsp3) is 0.661. The molecule has 0 aliphatic heterocycles. The van der Waals surface area contributed by atoms with Crippen molar-refractivity contribution in [3.8, 4) is 0 Å². The maximum atomic E-state index is 12.8. The summed E-state index contributed by atoms with van der Waals surface area (Å²) in [5.74, 6) is -1.57. The van der Waals surface area contributed by atoms with Gasteiger partial charge in [0.1, 0.15) is 12.7 Å². The Hall–Kier alpha value is -3.60. The first-order valence-corrected chi connectivity index (χ1v) is 27.6. The number of hydrogen-bond donors (Lipinski definition) is 2. The summed E-state index contributed by atoms with van der Waals surface area (Å²) in [5, 5.41) is 9.77. The molecule has 0 aliphatic rings. The third-order valence-corrected chi connectivity index (χ3v) is 11.5. The van der Waals surface area contributed by atoms with E-state index in [1.807, 2.05) is 0 Å². The molecule has 0 aliphatic carbocycles. The quantitative estimate of drug-likeness (QED) is 0.0197. The summed E-state index contributed by atoms with van der Waals surface area (Å²) in [6.07, 6.45) is 56.7. The summed E-state index contributed by atoms with van der Waals surface area (Å²) >= 11 is 0. The van der Waals surface area contributed by atoms with E-state index in [1.165, 1.54) is 44.9 Å². The first kappa shape index (κ1) is 64.4. The second-order valence-electron chi connectivity index (χ2n) is 16.9. The molecule has 68 heavy (non-hydrogen) atoms. The number of phosphoric ester groups is 1. The second kappa shape index (κ2) is 49.8. The number of aliphatic hydroxyl groups is 1. The zero-order valence-electron chi connectivity index (χ0n) is 42.5. The summed E-state index contributed by atoms with van der Waals surface area (Å²) < 4.78 is 39.3. The molecular weight excluding hydrogens is 880 g/mol. The van der Waals surface area contributed by atoms with Crippen LogP contribution in [-0.4, -0.2) is 66.5 Å². The van der Waals surface area contributed by atoms with Crippen LogP contribution in [0.1, 0.15) is 201 Å². The number of rotatable bonds is 47. The van der Waals surface area contributed by atoms with Crippen LogP contribution in [0.25, 0.3) is 0 Å². The normalized spacial score (nSPS) is 14.2. The molecule has 0 fully saturated rings. The van der Waals surface area contributed by atoms with Gasteiger partial charge in [-0.2, -0.15) is 0 Å². The Balaban J connectivity index is 4.83. The predicted octanol–water partition coefficient (Wildman–Crippen LogP) is 14.9. The van der Waals surface area contributed by atoms with E-state index in [1.54, 1.807) is 0 Å². The Bertz CT molecular complexity index is 1510. The summed E-state index contributed by atoms with van der Waals surface area (Å²) in [5.41, 5.74) is 0. The molecule has 0 aromatic rings. The number of unbranched alkanes of at least 4 members (excludes halogenated alkanes) is 14. The molecular formula is C56H93O11P. The summed E-state index contributed by atoms with van der Waals surface area (Å²) in [6, 6.07) is 0. The number of ether oxygens (including phenoxy) is 3. The first-order chi connectivity index (χ1) is 33.2. The Kier molecular flexibility index (Phi) is 47.2. The Labute approximate surface area is 412 Å². The van der Waals surface area contributed by atoms with Crippen LogP contribution in [0.3, 0.4) is 0 Å². The second-order valence-corrected chi connectivity index (χ2v) is 18.4. The highest BCUT2D eigenvalue weighted by Crippen LogP contribution is 2.43. The molecule has 2 N–H and O–H groups in total. The SMILES string of the molecule is CC/C=C\C/C=C\C/C=C\C/C=C\CCCCC(=O)OC(CO)COP(=O)(O)OCC(COC(=O)CCCCCCCCCCCCC)OC(=O)CCCC/C=C\C/C=C\C/C=C\C/C=C\CC. The van der Waals surface area contributed by atoms with Gasteiger partial charge < -0.3 is 24.2 Å². The minimum Gasteiger partial charge on any atom is -0.462 e. The topological polar surface area (TPSA) is 155 Å². The first-order valence-electron chi connectivity index (χ1n) is 26.1. The molecule has 0 rings (SSSR count). The maximum Gasteiger partial charge on any atom is 0.472 e. The Morgan fingerprint density at radius 3 is 1.18 bits per heavy atom. The zero-order valence-corrected chi connectivity index (χ0v) is 43.4. The summed E-state index contributed by atoms with van der Waals surface area (Å²) in [6.45, 7) is 4.28. The number of aliphatic hydroxyl groups excluding tert-OH is 1. The molecule has 3 atom stereocenters. The third-order valence-electron chi connectivity index (χ3n) is 10.5. The molecule has 0 radical (unpaired) electrons. The minimum atomic E-state index is -4.77. The molecule has 0 saturated heterocycles. The lowest BCUT2D eigenvalue weighted by Crippen LogP contribution is -2.30. The van der Waals surface area contributed by atoms with Gasteiger partial charge in [-0.05, 0) is 96.3 Å². The summed E-state index contributed by atoms with van der Waals surface area (Å²) in [7, 11) is -4.77. The monoisotopic (exact) mass is 973 g/mol. The van der Waals surface area contributed by atoms with Crippen molar-refractivity contribution in [2.24, 2.45) is 0 Å². The lowest BCUT2D eigenvalue weighted by molar-refractivity contribution is -0.161. The van der Waals surface area contributed by atoms with Gasteiger partial charge in [-0.1, -0.05) is 182 Å². The number of hydrogen-bond acceptors (Lipinski definition) is 10. The van der Waals surface area contributed by atoms with Crippen molar-refractivity contribution in [2.45, 2.75) is 213 Å². The van der Waals surface area contributed by atoms with Crippen molar-refractivity contribution in [1.29, 1.82) is 0 Å². The van der Waals surface area contributed by atoms with E-state index in [0.29, 0.717) is 19.3 Å². The van der Waals surface area contributed by atoms with E-state index < -0.39 is 57.8 Å². The number of phosphoric acid groups is 1. The van der Waals surface area contributed by atoms with Crippen LogP contribution in [0, 0.1) is 0 Å². The highest BCUT2D eigenvalue weighted by atomic mass is 31.2. The van der Waals surface area contributed by atoms with Crippen molar-refractivity contribution in [3.63, 3.8) is 0 Å². The van der Waals surface area contributed by atoms with Crippen LogP contribution in [0.2, 0.25) is 0 Å². The van der Waals surface area contributed by atoms with Crippen LogP contribution in [0.15, 0.2) is 97.2 Å². The lowest BCUT2D eigenvalue weighted by Gasteiger charge is -2.21. The number of carbonyl (C=O) groups is 3. The van der Waals surface area contributed by atoms with Gasteiger partial charge in [0.05, 0.1) is 19.8 Å². The highest BCUT2D eigenvalue weighted by Gasteiger charge is 2.28. The molecule has 0 aromatic carbocycles. The highest BCUT2D eigenvalue weighted by molar-refractivity contribution is 7.47. The average Bonchev–Trinajstić information content (AvgIpc) is 3.32. The molecule has 0 heterocycles. The number of esters is 3. The van der Waals surface area contributed by atoms with Gasteiger partial charge in [-0.25, -0.2) is 4.57 Å². The van der Waals surface area contributed by atoms with Crippen molar-refractivity contribution in [2.75, 3.05) is 26.4 Å². The molecule has 0 bridgehead atoms. The zero-order chi connectivity index (χ0) is 49.9. The standard InChI is InChI=1S/C56H93O11P/c1-4-7-10-13-16-19-22-24-26-28-31-34-37-40-43-46-55(59)66-52(48-57)50-64-68(61,62)65-51-53(49-63-54(58)45-42-39-36-33-30-21-18-15-12-9-6-3)67-56(60)47-44-41-38-35-32-29-27-25-23-20-17-14-11-8-5-2/h7-8,10-11,16-17,19-20,24-27,31-32,34-35,52-53,57H,4-6,9,12-15,18,21-23,28-30,33,36-51H2,1-3H3,(H,61,62)/b10-7-,11-8-,19-16-,20-17-,26-24-,27-25-,34-31-,35-32-. The van der Waals surface area contributed by atoms with E-state index in [4.69, 9.17) is 23.3 Å². The van der Waals surface area contributed by atoms with Crippen LogP contribution in [0.5, 0.6) is 0 Å². The average molecular weight is 973 g/mol. The van der Waals surface area contributed by atoms with E-state index in [-0.39, 0.29) is 25.9 Å². The van der Waals surface area contributed by atoms with Gasteiger partial charge in [0.2, 0.25) is 0 Å². The molecule has 0 spiro atoms. The predicted molar refractivity (Wildman–Crippen MR) is 279 cm³/mol. The Morgan fingerprint density at radius 1 is 0.426 bits per heavy atom. The van der Waals surface area contributed by atoms with Crippen LogP contribution < -0.4 is 0 Å². The van der Waals surface area contributed by atoms with E-state index in [9.17, 15) is 28.9 Å². The maximum absolute atomic E-state index is 12.8. The minimum absolute atomic E-state index is 0.109. The molecule has 0 amide bonds. The van der Waals surface area contributed by atoms with E-state index in [0.717, 1.165) is 96.3 Å². The molecule has 11 nitrogen and oxygen atoms in total. The van der Waals surface area contributed by atoms with Gasteiger partial charge in [0.15, 0.2) is 6.10 Å². The van der Waals surface area contributed by atoms with Crippen LogP contribution in [0.4, 0.5) is 0 Å². The van der Waals surface area contributed by atoms with Crippen molar-refractivity contribution >= 4 is 25.7 Å². The smallest absolute Gasteiger partial charge is 0.462 e. The number of carbonyl (C=O) groups excluding carboxylic acids is 3. The van der Waals surface area contributed by atoms with Gasteiger partial charge in [0, 0.05) is 19.3 Å². The molecule has 12 heteroatoms. The van der Waals surface area contributed by atoms with Gasteiger partial charge in [0.25, 0.3) is 0 Å². The van der Waals surface area contributed by atoms with Crippen LogP contribution in [-0.2, 0) is 42.2 Å². The van der Waals surface area contributed by atoms with Crippen molar-refractivity contribution in [1.82, 2.24) is 0 Å². The fourth-order valence-corrected chi connectivity index (χ4v) is 7.36. The van der Waals surface area contributed by atoms with Crippen molar-refractivity contribution < 1.29 is 52.2 Å². The molecule has 0 saturated carbocycles. The van der Waals surface area contributed by atoms with Crippen molar-refractivity contribution in [3.05, 3.63) is 97.2 Å². The van der Waals surface area contributed by atoms with Gasteiger partial charge in [-0.15, -0.1) is 0 Å². The number of allylic oxidation sites excluding steroid dienone is 16. The Morgan fingerprint density at radius 2 is 0.765 bits per heavy atom. The van der Waals surface area contributed by atoms with Gasteiger partial charge in [-0.3, -0.25) is 23.4 Å². The largest absolute Gasteiger partial charge is 0.472 e.